The Balaban J connectivity index is 1.59. The molecule has 0 amide bonds. The number of rotatable bonds is 6. The van der Waals surface area contributed by atoms with Gasteiger partial charge in [-0.15, -0.1) is 0 Å². The molecule has 27 heavy (non-hydrogen) atoms. The third kappa shape index (κ3) is 4.84. The molecule has 142 valence electrons. The molecule has 0 spiro atoms. The first-order chi connectivity index (χ1) is 13.0. The van der Waals surface area contributed by atoms with E-state index in [9.17, 15) is 4.39 Å². The number of anilines is 1. The number of aromatic nitrogens is 4. The average Bonchev–Trinajstić information content (AvgIpc) is 3.27. The van der Waals surface area contributed by atoms with E-state index >= 15 is 0 Å². The molecule has 0 saturated carbocycles. The molecule has 0 aliphatic heterocycles. The lowest BCUT2D eigenvalue weighted by Gasteiger charge is -2.14. The molecule has 2 heterocycles. The number of nitrogens with zero attached hydrogens (tertiary/aromatic N) is 4. The number of thiocarbonyl (C=S) groups is 1. The highest BCUT2D eigenvalue weighted by Gasteiger charge is 2.12. The average molecular weight is 407 g/mol. The predicted octanol–water partition coefficient (Wildman–Crippen LogP) is 3.99. The molecule has 1 unspecified atom stereocenters. The third-order valence-electron chi connectivity index (χ3n) is 4.04. The fourth-order valence-corrected chi connectivity index (χ4v) is 3.07. The van der Waals surface area contributed by atoms with Gasteiger partial charge in [0, 0.05) is 35.6 Å². The fourth-order valence-electron chi connectivity index (χ4n) is 2.57. The second-order valence-electron chi connectivity index (χ2n) is 6.02. The summed E-state index contributed by atoms with van der Waals surface area (Å²) in [6.45, 7) is 5.07. The molecule has 0 aliphatic rings. The molecule has 3 rings (SSSR count). The molecule has 0 saturated heterocycles. The second-order valence-corrected chi connectivity index (χ2v) is 6.83. The summed E-state index contributed by atoms with van der Waals surface area (Å²) in [6.07, 6.45) is 3.67. The Kier molecular flexibility index (Phi) is 6.08. The SMILES string of the molecule is CCn1ccc(C(C)NC(=S)Nc2ccn(Cc3c(F)cccc3Cl)n2)n1. The highest BCUT2D eigenvalue weighted by Crippen LogP contribution is 2.20. The van der Waals surface area contributed by atoms with Gasteiger partial charge in [-0.05, 0) is 44.3 Å². The Morgan fingerprint density at radius 2 is 2.00 bits per heavy atom. The molecule has 2 aromatic heterocycles. The Morgan fingerprint density at radius 1 is 1.22 bits per heavy atom. The van der Waals surface area contributed by atoms with Crippen LogP contribution in [-0.4, -0.2) is 24.7 Å². The summed E-state index contributed by atoms with van der Waals surface area (Å²) in [5.74, 6) is 0.205. The van der Waals surface area contributed by atoms with Crippen LogP contribution >= 0.6 is 23.8 Å². The van der Waals surface area contributed by atoms with Crippen molar-refractivity contribution >= 4 is 34.7 Å². The van der Waals surface area contributed by atoms with E-state index in [0.717, 1.165) is 12.2 Å². The summed E-state index contributed by atoms with van der Waals surface area (Å²) in [4.78, 5) is 0. The Bertz CT molecular complexity index is 917. The summed E-state index contributed by atoms with van der Waals surface area (Å²) < 4.78 is 17.4. The lowest BCUT2D eigenvalue weighted by Crippen LogP contribution is -2.31. The zero-order valence-electron chi connectivity index (χ0n) is 15.0. The van der Waals surface area contributed by atoms with Gasteiger partial charge in [-0.25, -0.2) is 4.39 Å². The van der Waals surface area contributed by atoms with Gasteiger partial charge in [-0.1, -0.05) is 17.7 Å². The predicted molar refractivity (Wildman–Crippen MR) is 108 cm³/mol. The lowest BCUT2D eigenvalue weighted by atomic mass is 10.2. The zero-order chi connectivity index (χ0) is 19.4. The van der Waals surface area contributed by atoms with Crippen LogP contribution in [0.1, 0.15) is 31.1 Å². The van der Waals surface area contributed by atoms with E-state index in [2.05, 4.69) is 20.8 Å². The molecule has 1 aromatic carbocycles. The van der Waals surface area contributed by atoms with Gasteiger partial charge in [-0.2, -0.15) is 10.2 Å². The first-order valence-electron chi connectivity index (χ1n) is 8.53. The zero-order valence-corrected chi connectivity index (χ0v) is 16.6. The van der Waals surface area contributed by atoms with Gasteiger partial charge >= 0.3 is 0 Å². The van der Waals surface area contributed by atoms with E-state index in [1.165, 1.54) is 6.07 Å². The fraction of sp³-hybridized carbons (Fsp3) is 0.278. The topological polar surface area (TPSA) is 59.7 Å². The van der Waals surface area contributed by atoms with Crippen molar-refractivity contribution in [2.45, 2.75) is 33.0 Å². The van der Waals surface area contributed by atoms with Crippen molar-refractivity contribution in [3.05, 3.63) is 64.8 Å². The minimum absolute atomic E-state index is 0.0443. The van der Waals surface area contributed by atoms with Crippen LogP contribution < -0.4 is 10.6 Å². The van der Waals surface area contributed by atoms with Crippen LogP contribution in [0.5, 0.6) is 0 Å². The largest absolute Gasteiger partial charge is 0.354 e. The molecule has 6 nitrogen and oxygen atoms in total. The van der Waals surface area contributed by atoms with Crippen molar-refractivity contribution in [1.82, 2.24) is 24.9 Å². The van der Waals surface area contributed by atoms with Gasteiger partial charge < -0.3 is 10.6 Å². The van der Waals surface area contributed by atoms with Crippen molar-refractivity contribution < 1.29 is 4.39 Å². The molecular weight excluding hydrogens is 387 g/mol. The lowest BCUT2D eigenvalue weighted by molar-refractivity contribution is 0.586. The van der Waals surface area contributed by atoms with Crippen LogP contribution in [0.15, 0.2) is 42.7 Å². The van der Waals surface area contributed by atoms with Crippen molar-refractivity contribution in [3.8, 4) is 0 Å². The third-order valence-corrected chi connectivity index (χ3v) is 4.61. The van der Waals surface area contributed by atoms with Gasteiger partial charge in [0.15, 0.2) is 10.9 Å². The number of halogens is 2. The molecule has 1 atom stereocenters. The number of hydrogen-bond donors (Lipinski definition) is 2. The van der Waals surface area contributed by atoms with E-state index in [0.29, 0.717) is 21.5 Å². The normalized spacial score (nSPS) is 12.0. The van der Waals surface area contributed by atoms with Crippen LogP contribution in [0.4, 0.5) is 10.2 Å². The van der Waals surface area contributed by atoms with Crippen molar-refractivity contribution in [3.63, 3.8) is 0 Å². The van der Waals surface area contributed by atoms with E-state index in [1.54, 1.807) is 29.1 Å². The maximum absolute atomic E-state index is 13.9. The number of aryl methyl sites for hydroxylation is 1. The Labute approximate surface area is 167 Å². The molecular formula is C18H20ClFN6S. The smallest absolute Gasteiger partial charge is 0.172 e. The molecule has 2 N–H and O–H groups in total. The maximum atomic E-state index is 13.9. The van der Waals surface area contributed by atoms with Crippen LogP contribution in [-0.2, 0) is 13.1 Å². The molecule has 9 heteroatoms. The monoisotopic (exact) mass is 406 g/mol. The Hall–Kier alpha value is -2.45. The van der Waals surface area contributed by atoms with E-state index in [1.807, 2.05) is 30.8 Å². The minimum Gasteiger partial charge on any atom is -0.354 e. The summed E-state index contributed by atoms with van der Waals surface area (Å²) in [6, 6.07) is 8.28. The summed E-state index contributed by atoms with van der Waals surface area (Å²) in [7, 11) is 0. The van der Waals surface area contributed by atoms with Gasteiger partial charge in [-0.3, -0.25) is 9.36 Å². The van der Waals surface area contributed by atoms with Crippen LogP contribution in [0.25, 0.3) is 0 Å². The van der Waals surface area contributed by atoms with Gasteiger partial charge in [0.05, 0.1) is 18.3 Å². The van der Waals surface area contributed by atoms with E-state index in [-0.39, 0.29) is 18.4 Å². The highest BCUT2D eigenvalue weighted by atomic mass is 35.5. The van der Waals surface area contributed by atoms with Crippen molar-refractivity contribution in [1.29, 1.82) is 0 Å². The van der Waals surface area contributed by atoms with Crippen LogP contribution in [0.2, 0.25) is 5.02 Å². The highest BCUT2D eigenvalue weighted by molar-refractivity contribution is 7.80. The van der Waals surface area contributed by atoms with Gasteiger partial charge in [0.2, 0.25) is 0 Å². The molecule has 0 radical (unpaired) electrons. The van der Waals surface area contributed by atoms with Gasteiger partial charge in [0.1, 0.15) is 5.82 Å². The quantitative estimate of drug-likeness (QED) is 0.606. The maximum Gasteiger partial charge on any atom is 0.172 e. The number of benzene rings is 1. The van der Waals surface area contributed by atoms with Crippen LogP contribution in [0.3, 0.4) is 0 Å². The molecule has 0 aliphatic carbocycles. The van der Waals surface area contributed by atoms with Crippen molar-refractivity contribution in [2.75, 3.05) is 5.32 Å². The van der Waals surface area contributed by atoms with Crippen molar-refractivity contribution in [2.24, 2.45) is 0 Å². The summed E-state index contributed by atoms with van der Waals surface area (Å²) in [5, 5.41) is 15.8. The number of hydrogen-bond acceptors (Lipinski definition) is 3. The van der Waals surface area contributed by atoms with E-state index in [4.69, 9.17) is 23.8 Å². The van der Waals surface area contributed by atoms with Crippen LogP contribution in [0, 0.1) is 5.82 Å². The summed E-state index contributed by atoms with van der Waals surface area (Å²) >= 11 is 11.4. The van der Waals surface area contributed by atoms with Gasteiger partial charge in [0.25, 0.3) is 0 Å². The van der Waals surface area contributed by atoms with E-state index < -0.39 is 0 Å². The molecule has 0 bridgehead atoms. The first-order valence-corrected chi connectivity index (χ1v) is 9.32. The molecule has 3 aromatic rings. The minimum atomic E-state index is -0.356. The Morgan fingerprint density at radius 3 is 2.70 bits per heavy atom. The number of nitrogens with one attached hydrogen (secondary N) is 2. The second kappa shape index (κ2) is 8.49. The first kappa shape index (κ1) is 19.3. The summed E-state index contributed by atoms with van der Waals surface area (Å²) in [5.41, 5.74) is 1.30. The molecule has 0 fully saturated rings. The standard InChI is InChI=1S/C18H20ClFN6S/c1-3-25-9-7-16(23-25)12(2)21-18(27)22-17-8-10-26(24-17)11-13-14(19)5-4-6-15(13)20/h4-10,12H,3,11H2,1-2H3,(H2,21,22,24,27).